The minimum absolute atomic E-state index is 0.0370. The summed E-state index contributed by atoms with van der Waals surface area (Å²) in [5.41, 5.74) is 6.12. The Morgan fingerprint density at radius 1 is 1.22 bits per heavy atom. The van der Waals surface area contributed by atoms with Gasteiger partial charge in [0.15, 0.2) is 0 Å². The maximum atomic E-state index is 13.1. The van der Waals surface area contributed by atoms with Crippen molar-refractivity contribution >= 4 is 5.69 Å². The van der Waals surface area contributed by atoms with Gasteiger partial charge in [0.05, 0.1) is 6.54 Å². The summed E-state index contributed by atoms with van der Waals surface area (Å²) in [6.07, 6.45) is -3.66. The van der Waals surface area contributed by atoms with Crippen LogP contribution in [0.2, 0.25) is 0 Å². The molecule has 102 valence electrons. The van der Waals surface area contributed by atoms with Crippen LogP contribution >= 0.6 is 0 Å². The zero-order chi connectivity index (χ0) is 13.8. The molecule has 2 N–H and O–H groups in total. The van der Waals surface area contributed by atoms with Gasteiger partial charge in [0.1, 0.15) is 5.82 Å². The second-order valence-corrected chi connectivity index (χ2v) is 4.22. The molecule has 0 saturated heterocycles. The Morgan fingerprint density at radius 3 is 2.39 bits per heavy atom. The Labute approximate surface area is 103 Å². The molecule has 0 heterocycles. The average molecular weight is 264 g/mol. The molecule has 0 aliphatic heterocycles. The molecule has 0 fully saturated rings. The summed E-state index contributed by atoms with van der Waals surface area (Å²) in [6.45, 7) is 1.13. The van der Waals surface area contributed by atoms with Crippen molar-refractivity contribution in [1.82, 2.24) is 4.90 Å². The summed E-state index contributed by atoms with van der Waals surface area (Å²) in [7, 11) is 0. The molecule has 18 heavy (non-hydrogen) atoms. The normalized spacial score (nSPS) is 12.1. The third-order valence-corrected chi connectivity index (χ3v) is 2.33. The molecule has 0 amide bonds. The zero-order valence-corrected chi connectivity index (χ0v) is 10.1. The van der Waals surface area contributed by atoms with Crippen molar-refractivity contribution in [2.24, 2.45) is 0 Å². The lowest BCUT2D eigenvalue weighted by Gasteiger charge is -2.23. The second-order valence-electron chi connectivity index (χ2n) is 4.22. The molecule has 1 aromatic carbocycles. The van der Waals surface area contributed by atoms with Crippen LogP contribution < -0.4 is 5.73 Å². The lowest BCUT2D eigenvalue weighted by atomic mass is 10.1. The predicted octanol–water partition coefficient (Wildman–Crippen LogP) is 3.18. The van der Waals surface area contributed by atoms with Gasteiger partial charge in [-0.1, -0.05) is 6.92 Å². The van der Waals surface area contributed by atoms with Crippen molar-refractivity contribution in [2.45, 2.75) is 26.1 Å². The highest BCUT2D eigenvalue weighted by Gasteiger charge is 2.30. The van der Waals surface area contributed by atoms with Crippen molar-refractivity contribution in [2.75, 3.05) is 18.8 Å². The number of nitrogens with two attached hydrogens (primary N) is 1. The summed E-state index contributed by atoms with van der Waals surface area (Å²) in [4.78, 5) is 1.23. The van der Waals surface area contributed by atoms with E-state index in [-0.39, 0.29) is 12.2 Å². The number of anilines is 1. The predicted molar refractivity (Wildman–Crippen MR) is 62.4 cm³/mol. The van der Waals surface area contributed by atoms with Crippen LogP contribution in [0.1, 0.15) is 18.9 Å². The van der Waals surface area contributed by atoms with E-state index < -0.39 is 18.5 Å². The first-order valence-corrected chi connectivity index (χ1v) is 5.64. The molecule has 1 aromatic rings. The van der Waals surface area contributed by atoms with Gasteiger partial charge >= 0.3 is 6.18 Å². The van der Waals surface area contributed by atoms with Gasteiger partial charge in [-0.3, -0.25) is 4.90 Å². The molecule has 0 aliphatic carbocycles. The third kappa shape index (κ3) is 5.35. The molecule has 0 aliphatic rings. The van der Waals surface area contributed by atoms with E-state index in [0.29, 0.717) is 18.5 Å². The molecule has 0 bridgehead atoms. The number of benzene rings is 1. The van der Waals surface area contributed by atoms with Crippen LogP contribution in [0.3, 0.4) is 0 Å². The topological polar surface area (TPSA) is 29.3 Å². The first-order valence-electron chi connectivity index (χ1n) is 5.64. The van der Waals surface area contributed by atoms with E-state index in [1.807, 2.05) is 0 Å². The fourth-order valence-corrected chi connectivity index (χ4v) is 1.81. The van der Waals surface area contributed by atoms with Crippen LogP contribution in [0.5, 0.6) is 0 Å². The van der Waals surface area contributed by atoms with Gasteiger partial charge in [0.2, 0.25) is 0 Å². The summed E-state index contributed by atoms with van der Waals surface area (Å²) < 4.78 is 50.1. The van der Waals surface area contributed by atoms with Crippen LogP contribution in [0, 0.1) is 5.82 Å². The number of alkyl halides is 3. The number of halogens is 4. The molecule has 0 radical (unpaired) electrons. The van der Waals surface area contributed by atoms with Gasteiger partial charge < -0.3 is 5.73 Å². The molecule has 0 spiro atoms. The fourth-order valence-electron chi connectivity index (χ4n) is 1.81. The highest BCUT2D eigenvalue weighted by atomic mass is 19.4. The fraction of sp³-hybridized carbons (Fsp3) is 0.500. The molecular formula is C12H16F4N2. The molecule has 0 unspecified atom stereocenters. The maximum absolute atomic E-state index is 13.1. The standard InChI is InChI=1S/C12H16F4N2/c1-2-3-18(8-12(14,15)16)7-9-4-10(13)6-11(17)5-9/h4-6H,2-3,7-8,17H2,1H3. The van der Waals surface area contributed by atoms with Gasteiger partial charge in [0.25, 0.3) is 0 Å². The molecule has 0 saturated carbocycles. The summed E-state index contributed by atoms with van der Waals surface area (Å²) in [5, 5.41) is 0. The maximum Gasteiger partial charge on any atom is 0.401 e. The number of hydrogen-bond acceptors (Lipinski definition) is 2. The van der Waals surface area contributed by atoms with Crippen molar-refractivity contribution in [3.8, 4) is 0 Å². The van der Waals surface area contributed by atoms with Crippen LogP contribution in [-0.4, -0.2) is 24.2 Å². The Bertz CT molecular complexity index is 370. The van der Waals surface area contributed by atoms with Gasteiger partial charge in [-0.15, -0.1) is 0 Å². The first kappa shape index (κ1) is 14.8. The van der Waals surface area contributed by atoms with E-state index in [9.17, 15) is 17.6 Å². The van der Waals surface area contributed by atoms with Crippen molar-refractivity contribution < 1.29 is 17.6 Å². The summed E-state index contributed by atoms with van der Waals surface area (Å²) in [6, 6.07) is 3.83. The third-order valence-electron chi connectivity index (χ3n) is 2.33. The Kier molecular flexibility index (Phi) is 4.95. The molecule has 1 rings (SSSR count). The average Bonchev–Trinajstić information content (AvgIpc) is 2.12. The highest BCUT2D eigenvalue weighted by Crippen LogP contribution is 2.19. The van der Waals surface area contributed by atoms with Gasteiger partial charge in [-0.2, -0.15) is 13.2 Å². The van der Waals surface area contributed by atoms with Crippen molar-refractivity contribution in [1.29, 1.82) is 0 Å². The highest BCUT2D eigenvalue weighted by molar-refractivity contribution is 5.41. The van der Waals surface area contributed by atoms with E-state index in [1.165, 1.54) is 17.0 Å². The second kappa shape index (κ2) is 6.04. The van der Waals surface area contributed by atoms with Gasteiger partial charge in [-0.25, -0.2) is 4.39 Å². The molecule has 0 atom stereocenters. The lowest BCUT2D eigenvalue weighted by Crippen LogP contribution is -2.34. The van der Waals surface area contributed by atoms with Crippen LogP contribution in [-0.2, 0) is 6.54 Å². The zero-order valence-electron chi connectivity index (χ0n) is 10.1. The Morgan fingerprint density at radius 2 is 1.89 bits per heavy atom. The minimum Gasteiger partial charge on any atom is -0.399 e. The molecular weight excluding hydrogens is 248 g/mol. The number of nitrogens with zero attached hydrogens (tertiary/aromatic N) is 1. The van der Waals surface area contributed by atoms with E-state index in [1.54, 1.807) is 6.92 Å². The summed E-state index contributed by atoms with van der Waals surface area (Å²) >= 11 is 0. The molecule has 6 heteroatoms. The van der Waals surface area contributed by atoms with Gasteiger partial charge in [0, 0.05) is 12.2 Å². The van der Waals surface area contributed by atoms with E-state index in [0.717, 1.165) is 6.07 Å². The number of rotatable bonds is 5. The largest absolute Gasteiger partial charge is 0.401 e. The molecule has 2 nitrogen and oxygen atoms in total. The summed E-state index contributed by atoms with van der Waals surface area (Å²) in [5.74, 6) is -0.534. The Balaban J connectivity index is 2.76. The smallest absolute Gasteiger partial charge is 0.399 e. The van der Waals surface area contributed by atoms with Gasteiger partial charge in [-0.05, 0) is 36.7 Å². The Hall–Kier alpha value is -1.30. The SMILES string of the molecule is CCCN(Cc1cc(N)cc(F)c1)CC(F)(F)F. The van der Waals surface area contributed by atoms with Crippen LogP contribution in [0.25, 0.3) is 0 Å². The van der Waals surface area contributed by atoms with E-state index in [2.05, 4.69) is 0 Å². The van der Waals surface area contributed by atoms with E-state index >= 15 is 0 Å². The first-order chi connectivity index (χ1) is 8.30. The van der Waals surface area contributed by atoms with Crippen molar-refractivity contribution in [3.05, 3.63) is 29.6 Å². The number of nitrogen functional groups attached to an aromatic ring is 1. The monoisotopic (exact) mass is 264 g/mol. The van der Waals surface area contributed by atoms with Crippen molar-refractivity contribution in [3.63, 3.8) is 0 Å². The number of hydrogen-bond donors (Lipinski definition) is 1. The minimum atomic E-state index is -4.26. The van der Waals surface area contributed by atoms with Crippen LogP contribution in [0.15, 0.2) is 18.2 Å². The van der Waals surface area contributed by atoms with Crippen LogP contribution in [0.4, 0.5) is 23.2 Å². The quantitative estimate of drug-likeness (QED) is 0.653. The lowest BCUT2D eigenvalue weighted by molar-refractivity contribution is -0.147. The van der Waals surface area contributed by atoms with E-state index in [4.69, 9.17) is 5.73 Å². The molecule has 0 aromatic heterocycles.